The number of aryl methyl sites for hydroxylation is 1. The average Bonchev–Trinajstić information content (AvgIpc) is 2.69. The van der Waals surface area contributed by atoms with Gasteiger partial charge >= 0.3 is 0 Å². The molecule has 0 aliphatic heterocycles. The van der Waals surface area contributed by atoms with Gasteiger partial charge in [0.05, 0.1) is 0 Å². The van der Waals surface area contributed by atoms with Crippen LogP contribution in [-0.2, 0) is 15.9 Å². The maximum Gasteiger partial charge on any atom is 0.194 e. The van der Waals surface area contributed by atoms with Gasteiger partial charge in [-0.3, -0.25) is 0 Å². The van der Waals surface area contributed by atoms with Crippen molar-refractivity contribution in [2.24, 2.45) is 5.92 Å². The van der Waals surface area contributed by atoms with Gasteiger partial charge in [0.1, 0.15) is 0 Å². The number of hydrogen-bond donors (Lipinski definition) is 0. The molecule has 1 aromatic carbocycles. The lowest BCUT2D eigenvalue weighted by Crippen LogP contribution is -2.41. The lowest BCUT2D eigenvalue weighted by atomic mass is 9.85. The maximum atomic E-state index is 13.4. The molecule has 0 bridgehead atoms. The van der Waals surface area contributed by atoms with E-state index in [-0.39, 0.29) is 5.92 Å². The molecule has 0 N–H and O–H groups in total. The number of benzene rings is 1. The van der Waals surface area contributed by atoms with Crippen molar-refractivity contribution in [1.82, 2.24) is 0 Å². The standard InChI is InChI=1S/C23H37F3O2/c1-5-7-8-9-10-11-14-19(23(6-2,27-3)28-4)15-12-13-18-16-20(24)22(26)21(25)17-18/h16-17,19H,5-15H2,1-4H3. The number of methoxy groups -OCH3 is 2. The quantitative estimate of drug-likeness (QED) is 0.176. The Kier molecular flexibility index (Phi) is 11.8. The zero-order valence-electron chi connectivity index (χ0n) is 18.0. The number of unbranched alkanes of at least 4 members (excludes halogenated alkanes) is 5. The Morgan fingerprint density at radius 1 is 0.821 bits per heavy atom. The average molecular weight is 403 g/mol. The molecule has 0 amide bonds. The van der Waals surface area contributed by atoms with Crippen LogP contribution in [0.15, 0.2) is 12.1 Å². The smallest absolute Gasteiger partial charge is 0.194 e. The molecule has 0 aromatic heterocycles. The van der Waals surface area contributed by atoms with Crippen LogP contribution < -0.4 is 0 Å². The lowest BCUT2D eigenvalue weighted by molar-refractivity contribution is -0.244. The van der Waals surface area contributed by atoms with Crippen molar-refractivity contribution in [1.29, 1.82) is 0 Å². The van der Waals surface area contributed by atoms with Gasteiger partial charge in [-0.05, 0) is 49.8 Å². The Balaban J connectivity index is 2.66. The van der Waals surface area contributed by atoms with E-state index in [4.69, 9.17) is 9.47 Å². The first kappa shape index (κ1) is 25.0. The molecule has 1 atom stereocenters. The molecule has 162 valence electrons. The second-order valence-electron chi connectivity index (χ2n) is 7.59. The number of ether oxygens (including phenoxy) is 2. The molecule has 0 radical (unpaired) electrons. The third kappa shape index (κ3) is 7.40. The molecule has 1 aromatic rings. The predicted molar refractivity (Wildman–Crippen MR) is 108 cm³/mol. The van der Waals surface area contributed by atoms with Crippen molar-refractivity contribution in [3.63, 3.8) is 0 Å². The van der Waals surface area contributed by atoms with E-state index < -0.39 is 23.2 Å². The molecule has 0 spiro atoms. The minimum atomic E-state index is -1.41. The topological polar surface area (TPSA) is 18.5 Å². The minimum Gasteiger partial charge on any atom is -0.353 e. The lowest BCUT2D eigenvalue weighted by Gasteiger charge is -2.38. The van der Waals surface area contributed by atoms with Crippen LogP contribution in [-0.4, -0.2) is 20.0 Å². The Morgan fingerprint density at radius 2 is 1.36 bits per heavy atom. The van der Waals surface area contributed by atoms with Gasteiger partial charge in [0.15, 0.2) is 23.2 Å². The van der Waals surface area contributed by atoms with E-state index in [0.717, 1.165) is 44.2 Å². The largest absolute Gasteiger partial charge is 0.353 e. The predicted octanol–water partition coefficient (Wildman–Crippen LogP) is 7.19. The summed E-state index contributed by atoms with van der Waals surface area (Å²) in [6.07, 6.45) is 11.1. The number of rotatable bonds is 15. The first-order valence-corrected chi connectivity index (χ1v) is 10.7. The molecule has 2 nitrogen and oxygen atoms in total. The summed E-state index contributed by atoms with van der Waals surface area (Å²) in [5, 5.41) is 0. The monoisotopic (exact) mass is 402 g/mol. The summed E-state index contributed by atoms with van der Waals surface area (Å²) in [5.41, 5.74) is 0.478. The Hall–Kier alpha value is -1.07. The normalized spacial score (nSPS) is 13.1. The summed E-state index contributed by atoms with van der Waals surface area (Å²) < 4.78 is 51.5. The van der Waals surface area contributed by atoms with E-state index in [9.17, 15) is 13.2 Å². The number of halogens is 3. The van der Waals surface area contributed by atoms with Crippen LogP contribution in [0.3, 0.4) is 0 Å². The molecular formula is C23H37F3O2. The van der Waals surface area contributed by atoms with Gasteiger partial charge in [0.25, 0.3) is 0 Å². The highest BCUT2D eigenvalue weighted by Crippen LogP contribution is 2.34. The third-order valence-corrected chi connectivity index (χ3v) is 5.77. The SMILES string of the molecule is CCCCCCCCC(CCCc1cc(F)c(F)c(F)c1)C(CC)(OC)OC. The van der Waals surface area contributed by atoms with Crippen molar-refractivity contribution in [2.75, 3.05) is 14.2 Å². The van der Waals surface area contributed by atoms with E-state index in [1.54, 1.807) is 14.2 Å². The highest BCUT2D eigenvalue weighted by atomic mass is 19.2. The van der Waals surface area contributed by atoms with Gasteiger partial charge in [0.2, 0.25) is 0 Å². The molecule has 0 heterocycles. The Morgan fingerprint density at radius 3 is 1.89 bits per heavy atom. The Labute approximate surface area is 168 Å². The molecule has 5 heteroatoms. The first-order valence-electron chi connectivity index (χ1n) is 10.7. The van der Waals surface area contributed by atoms with Crippen LogP contribution in [0.1, 0.15) is 83.6 Å². The first-order chi connectivity index (χ1) is 13.4. The molecule has 0 saturated carbocycles. The molecule has 0 saturated heterocycles. The molecule has 0 aliphatic rings. The second kappa shape index (κ2) is 13.2. The van der Waals surface area contributed by atoms with E-state index in [1.165, 1.54) is 32.1 Å². The van der Waals surface area contributed by atoms with Crippen LogP contribution >= 0.6 is 0 Å². The molecular weight excluding hydrogens is 365 g/mol. The van der Waals surface area contributed by atoms with Gasteiger partial charge in [-0.15, -0.1) is 0 Å². The fraction of sp³-hybridized carbons (Fsp3) is 0.739. The third-order valence-electron chi connectivity index (χ3n) is 5.77. The van der Waals surface area contributed by atoms with Crippen LogP contribution in [0.25, 0.3) is 0 Å². The summed E-state index contributed by atoms with van der Waals surface area (Å²) >= 11 is 0. The minimum absolute atomic E-state index is 0.203. The van der Waals surface area contributed by atoms with Gasteiger partial charge in [-0.1, -0.05) is 52.4 Å². The van der Waals surface area contributed by atoms with Crippen molar-refractivity contribution >= 4 is 0 Å². The summed E-state index contributed by atoms with van der Waals surface area (Å²) in [5.74, 6) is -4.10. The molecule has 1 rings (SSSR count). The molecule has 1 unspecified atom stereocenters. The summed E-state index contributed by atoms with van der Waals surface area (Å²) in [6, 6.07) is 2.17. The summed E-state index contributed by atoms with van der Waals surface area (Å²) in [4.78, 5) is 0. The van der Waals surface area contributed by atoms with E-state index in [1.807, 2.05) is 6.92 Å². The van der Waals surface area contributed by atoms with E-state index in [2.05, 4.69) is 6.92 Å². The van der Waals surface area contributed by atoms with Crippen LogP contribution in [0.5, 0.6) is 0 Å². The van der Waals surface area contributed by atoms with Gasteiger partial charge in [-0.25, -0.2) is 13.2 Å². The fourth-order valence-electron chi connectivity index (χ4n) is 4.05. The van der Waals surface area contributed by atoms with Gasteiger partial charge < -0.3 is 9.47 Å². The summed E-state index contributed by atoms with van der Waals surface area (Å²) in [6.45, 7) is 4.26. The number of hydrogen-bond acceptors (Lipinski definition) is 2. The van der Waals surface area contributed by atoms with Gasteiger partial charge in [-0.2, -0.15) is 0 Å². The summed E-state index contributed by atoms with van der Waals surface area (Å²) in [7, 11) is 3.35. The maximum absolute atomic E-state index is 13.4. The second-order valence-corrected chi connectivity index (χ2v) is 7.59. The van der Waals surface area contributed by atoms with Crippen LogP contribution in [0.2, 0.25) is 0 Å². The highest BCUT2D eigenvalue weighted by Gasteiger charge is 2.36. The van der Waals surface area contributed by atoms with E-state index >= 15 is 0 Å². The highest BCUT2D eigenvalue weighted by molar-refractivity contribution is 5.19. The van der Waals surface area contributed by atoms with Crippen molar-refractivity contribution in [3.05, 3.63) is 35.1 Å². The fourth-order valence-corrected chi connectivity index (χ4v) is 4.05. The zero-order chi connectivity index (χ0) is 21.0. The zero-order valence-corrected chi connectivity index (χ0v) is 18.0. The molecule has 28 heavy (non-hydrogen) atoms. The van der Waals surface area contributed by atoms with E-state index in [0.29, 0.717) is 12.0 Å². The Bertz CT molecular complexity index is 528. The molecule has 0 fully saturated rings. The van der Waals surface area contributed by atoms with Gasteiger partial charge in [0, 0.05) is 20.1 Å². The van der Waals surface area contributed by atoms with Crippen molar-refractivity contribution in [2.45, 2.75) is 90.3 Å². The molecule has 0 aliphatic carbocycles. The van der Waals surface area contributed by atoms with Crippen molar-refractivity contribution < 1.29 is 22.6 Å². The van der Waals surface area contributed by atoms with Crippen LogP contribution in [0, 0.1) is 23.4 Å². The van der Waals surface area contributed by atoms with Crippen molar-refractivity contribution in [3.8, 4) is 0 Å². The van der Waals surface area contributed by atoms with Crippen LogP contribution in [0.4, 0.5) is 13.2 Å².